The lowest BCUT2D eigenvalue weighted by Gasteiger charge is -2.22. The molecule has 0 aliphatic heterocycles. The summed E-state index contributed by atoms with van der Waals surface area (Å²) in [6, 6.07) is 7.21. The summed E-state index contributed by atoms with van der Waals surface area (Å²) >= 11 is 0. The van der Waals surface area contributed by atoms with Crippen LogP contribution in [0.5, 0.6) is 5.75 Å². The highest BCUT2D eigenvalue weighted by Gasteiger charge is 2.12. The van der Waals surface area contributed by atoms with Gasteiger partial charge in [0.2, 0.25) is 0 Å². The molecule has 0 fully saturated rings. The number of aliphatic carboxylic acids is 2. The van der Waals surface area contributed by atoms with Crippen LogP contribution < -0.4 is 4.74 Å². The molecular formula is C14H19NO5. The van der Waals surface area contributed by atoms with Crippen molar-refractivity contribution in [2.75, 3.05) is 20.2 Å². The van der Waals surface area contributed by atoms with Crippen molar-refractivity contribution < 1.29 is 24.5 Å². The number of ether oxygens (including phenoxy) is 1. The van der Waals surface area contributed by atoms with E-state index in [1.165, 1.54) is 0 Å². The maximum atomic E-state index is 10.6. The monoisotopic (exact) mass is 281 g/mol. The first kappa shape index (κ1) is 16.0. The van der Waals surface area contributed by atoms with Crippen LogP contribution in [0.3, 0.4) is 0 Å². The molecule has 0 bridgehead atoms. The molecule has 0 aliphatic carbocycles. The molecule has 6 heteroatoms. The number of hydrogen-bond donors (Lipinski definition) is 2. The van der Waals surface area contributed by atoms with Gasteiger partial charge in [-0.15, -0.1) is 0 Å². The Morgan fingerprint density at radius 3 is 2.30 bits per heavy atom. The Morgan fingerprint density at radius 1 is 1.20 bits per heavy atom. The highest BCUT2D eigenvalue weighted by molar-refractivity contribution is 5.69. The lowest BCUT2D eigenvalue weighted by molar-refractivity contribution is -0.139. The fourth-order valence-corrected chi connectivity index (χ4v) is 1.73. The third-order valence-corrected chi connectivity index (χ3v) is 2.95. The van der Waals surface area contributed by atoms with E-state index in [1.807, 2.05) is 19.1 Å². The normalized spacial score (nSPS) is 12.2. The van der Waals surface area contributed by atoms with E-state index in [2.05, 4.69) is 0 Å². The molecule has 0 saturated heterocycles. The smallest absolute Gasteiger partial charge is 0.341 e. The van der Waals surface area contributed by atoms with Crippen LogP contribution in [-0.4, -0.2) is 53.3 Å². The number of carbonyl (C=O) groups is 2. The van der Waals surface area contributed by atoms with Crippen molar-refractivity contribution in [3.63, 3.8) is 0 Å². The second-order valence-electron chi connectivity index (χ2n) is 4.69. The first-order chi connectivity index (χ1) is 9.38. The second kappa shape index (κ2) is 7.49. The number of likely N-dealkylation sites (N-methyl/N-ethyl adjacent to an activating group) is 1. The van der Waals surface area contributed by atoms with Crippen LogP contribution in [-0.2, 0) is 16.0 Å². The molecule has 0 aromatic heterocycles. The molecule has 0 saturated carbocycles. The van der Waals surface area contributed by atoms with Crippen LogP contribution in [0.15, 0.2) is 24.3 Å². The predicted molar refractivity (Wildman–Crippen MR) is 73.0 cm³/mol. The van der Waals surface area contributed by atoms with Crippen LogP contribution in [0.1, 0.15) is 12.5 Å². The van der Waals surface area contributed by atoms with Crippen molar-refractivity contribution in [1.82, 2.24) is 4.90 Å². The van der Waals surface area contributed by atoms with Gasteiger partial charge in [-0.25, -0.2) is 4.79 Å². The number of nitrogens with zero attached hydrogens (tertiary/aromatic N) is 1. The SMILES string of the molecule is C[C@H](Cc1ccc(OCC(=O)O)cc1)N(C)CC(=O)O. The van der Waals surface area contributed by atoms with Gasteiger partial charge in [0.25, 0.3) is 0 Å². The van der Waals surface area contributed by atoms with Crippen molar-refractivity contribution in [2.24, 2.45) is 0 Å². The lowest BCUT2D eigenvalue weighted by Crippen LogP contribution is -2.35. The zero-order valence-electron chi connectivity index (χ0n) is 11.6. The first-order valence-electron chi connectivity index (χ1n) is 6.24. The molecule has 1 rings (SSSR count). The highest BCUT2D eigenvalue weighted by Crippen LogP contribution is 2.14. The van der Waals surface area contributed by atoms with Crippen LogP contribution in [0.2, 0.25) is 0 Å². The quantitative estimate of drug-likeness (QED) is 0.742. The summed E-state index contributed by atoms with van der Waals surface area (Å²) in [5, 5.41) is 17.2. The summed E-state index contributed by atoms with van der Waals surface area (Å²) in [4.78, 5) is 22.8. The fourth-order valence-electron chi connectivity index (χ4n) is 1.73. The topological polar surface area (TPSA) is 87.1 Å². The van der Waals surface area contributed by atoms with Gasteiger partial charge in [-0.2, -0.15) is 0 Å². The predicted octanol–water partition coefficient (Wildman–Crippen LogP) is 1.10. The van der Waals surface area contributed by atoms with Gasteiger partial charge in [0.15, 0.2) is 6.61 Å². The minimum atomic E-state index is -1.02. The summed E-state index contributed by atoms with van der Waals surface area (Å²) < 4.78 is 5.04. The molecule has 0 radical (unpaired) electrons. The molecular weight excluding hydrogens is 262 g/mol. The molecule has 0 amide bonds. The van der Waals surface area contributed by atoms with Crippen molar-refractivity contribution in [3.05, 3.63) is 29.8 Å². The van der Waals surface area contributed by atoms with E-state index in [0.717, 1.165) is 5.56 Å². The number of carboxylic acids is 2. The van der Waals surface area contributed by atoms with E-state index in [4.69, 9.17) is 14.9 Å². The Balaban J connectivity index is 2.52. The fraction of sp³-hybridized carbons (Fsp3) is 0.429. The van der Waals surface area contributed by atoms with Gasteiger partial charge >= 0.3 is 11.9 Å². The van der Waals surface area contributed by atoms with Crippen LogP contribution in [0, 0.1) is 0 Å². The Kier molecular flexibility index (Phi) is 5.99. The van der Waals surface area contributed by atoms with Crippen molar-refractivity contribution in [1.29, 1.82) is 0 Å². The van der Waals surface area contributed by atoms with Crippen molar-refractivity contribution in [3.8, 4) is 5.75 Å². The summed E-state index contributed by atoms with van der Waals surface area (Å²) in [6.45, 7) is 1.59. The summed E-state index contributed by atoms with van der Waals surface area (Å²) in [5.74, 6) is -1.36. The molecule has 1 aromatic carbocycles. The average Bonchev–Trinajstić information content (AvgIpc) is 2.37. The summed E-state index contributed by atoms with van der Waals surface area (Å²) in [6.07, 6.45) is 0.711. The van der Waals surface area contributed by atoms with Crippen molar-refractivity contribution >= 4 is 11.9 Å². The van der Waals surface area contributed by atoms with Gasteiger partial charge in [-0.05, 0) is 38.1 Å². The molecule has 0 spiro atoms. The van der Waals surface area contributed by atoms with Gasteiger partial charge in [0, 0.05) is 6.04 Å². The zero-order chi connectivity index (χ0) is 15.1. The van der Waals surface area contributed by atoms with E-state index in [9.17, 15) is 9.59 Å². The molecule has 20 heavy (non-hydrogen) atoms. The third kappa shape index (κ3) is 5.71. The molecule has 6 nitrogen and oxygen atoms in total. The molecule has 0 aliphatic rings. The third-order valence-electron chi connectivity index (χ3n) is 2.95. The minimum Gasteiger partial charge on any atom is -0.482 e. The Bertz CT molecular complexity index is 457. The maximum absolute atomic E-state index is 10.6. The van der Waals surface area contributed by atoms with Crippen LogP contribution in [0.4, 0.5) is 0 Å². The number of benzene rings is 1. The first-order valence-corrected chi connectivity index (χ1v) is 6.24. The van der Waals surface area contributed by atoms with Gasteiger partial charge in [-0.3, -0.25) is 9.69 Å². The molecule has 0 unspecified atom stereocenters. The highest BCUT2D eigenvalue weighted by atomic mass is 16.5. The number of carboxylic acid groups (broad SMARTS) is 2. The van der Waals surface area contributed by atoms with Crippen molar-refractivity contribution in [2.45, 2.75) is 19.4 Å². The Hall–Kier alpha value is -2.08. The second-order valence-corrected chi connectivity index (χ2v) is 4.69. The molecule has 1 atom stereocenters. The van der Waals surface area contributed by atoms with Crippen LogP contribution >= 0.6 is 0 Å². The lowest BCUT2D eigenvalue weighted by atomic mass is 10.1. The number of hydrogen-bond acceptors (Lipinski definition) is 4. The molecule has 110 valence electrons. The molecule has 0 heterocycles. The van der Waals surface area contributed by atoms with E-state index in [-0.39, 0.29) is 19.2 Å². The van der Waals surface area contributed by atoms with E-state index in [0.29, 0.717) is 12.2 Å². The average molecular weight is 281 g/mol. The van der Waals surface area contributed by atoms with Gasteiger partial charge in [-0.1, -0.05) is 12.1 Å². The molecule has 2 N–H and O–H groups in total. The van der Waals surface area contributed by atoms with E-state index < -0.39 is 11.9 Å². The maximum Gasteiger partial charge on any atom is 0.341 e. The van der Waals surface area contributed by atoms with E-state index in [1.54, 1.807) is 24.1 Å². The Labute approximate surface area is 117 Å². The molecule has 1 aromatic rings. The van der Waals surface area contributed by atoms with Gasteiger partial charge < -0.3 is 14.9 Å². The van der Waals surface area contributed by atoms with E-state index >= 15 is 0 Å². The minimum absolute atomic E-state index is 0.000965. The van der Waals surface area contributed by atoms with Crippen LogP contribution in [0.25, 0.3) is 0 Å². The largest absolute Gasteiger partial charge is 0.482 e. The summed E-state index contributed by atoms with van der Waals surface area (Å²) in [7, 11) is 1.77. The Morgan fingerprint density at radius 2 is 1.80 bits per heavy atom. The number of rotatable bonds is 8. The standard InChI is InChI=1S/C14H19NO5/c1-10(15(2)8-13(16)17)7-11-3-5-12(6-4-11)20-9-14(18)19/h3-6,10H,7-9H2,1-2H3,(H,16,17)(H,18,19)/t10-/m1/s1. The summed E-state index contributed by atoms with van der Waals surface area (Å²) in [5.41, 5.74) is 1.04. The zero-order valence-corrected chi connectivity index (χ0v) is 11.6. The van der Waals surface area contributed by atoms with Gasteiger partial charge in [0.1, 0.15) is 5.75 Å². The van der Waals surface area contributed by atoms with Gasteiger partial charge in [0.05, 0.1) is 6.54 Å².